The Bertz CT molecular complexity index is 885. The zero-order chi connectivity index (χ0) is 16.4. The summed E-state index contributed by atoms with van der Waals surface area (Å²) in [7, 11) is 0. The van der Waals surface area contributed by atoms with Gasteiger partial charge in [0.15, 0.2) is 11.5 Å². The number of carboxylic acid groups (broad SMARTS) is 1. The number of rotatable bonds is 4. The summed E-state index contributed by atoms with van der Waals surface area (Å²) in [5.41, 5.74) is 2.62. The molecule has 114 valence electrons. The second kappa shape index (κ2) is 5.84. The van der Waals surface area contributed by atoms with Crippen molar-refractivity contribution in [2.24, 2.45) is 0 Å². The quantitative estimate of drug-likeness (QED) is 0.749. The highest BCUT2D eigenvalue weighted by molar-refractivity contribution is 6.01. The highest BCUT2D eigenvalue weighted by Crippen LogP contribution is 2.26. The fourth-order valence-corrected chi connectivity index (χ4v) is 2.40. The van der Waals surface area contributed by atoms with E-state index in [4.69, 9.17) is 5.11 Å². The van der Waals surface area contributed by atoms with Crippen molar-refractivity contribution in [3.8, 4) is 16.8 Å². The highest BCUT2D eigenvalue weighted by atomic mass is 16.4. The number of aromatic carboxylic acids is 1. The maximum Gasteiger partial charge on any atom is 0.356 e. The minimum atomic E-state index is -1.13. The minimum absolute atomic E-state index is 0.0630. The first kappa shape index (κ1) is 14.6. The SMILES string of the molecule is CC(=O)c1cc(-n2nncc2C(=O)O)ccc1-c1ccccc1. The number of nitrogens with zero attached hydrogens (tertiary/aromatic N) is 3. The van der Waals surface area contributed by atoms with Crippen molar-refractivity contribution in [3.63, 3.8) is 0 Å². The predicted octanol–water partition coefficient (Wildman–Crippen LogP) is 2.84. The third-order valence-corrected chi connectivity index (χ3v) is 3.48. The Balaban J connectivity index is 2.16. The van der Waals surface area contributed by atoms with Crippen LogP contribution < -0.4 is 0 Å². The van der Waals surface area contributed by atoms with Crippen LogP contribution in [0.2, 0.25) is 0 Å². The number of hydrogen-bond donors (Lipinski definition) is 1. The Labute approximate surface area is 132 Å². The van der Waals surface area contributed by atoms with Gasteiger partial charge in [0.1, 0.15) is 0 Å². The first-order valence-corrected chi connectivity index (χ1v) is 6.92. The van der Waals surface area contributed by atoms with Gasteiger partial charge in [0.2, 0.25) is 0 Å². The van der Waals surface area contributed by atoms with Gasteiger partial charge in [-0.25, -0.2) is 9.48 Å². The van der Waals surface area contributed by atoms with E-state index in [2.05, 4.69) is 10.3 Å². The first-order chi connectivity index (χ1) is 11.1. The molecule has 1 N–H and O–H groups in total. The molecule has 6 nitrogen and oxygen atoms in total. The summed E-state index contributed by atoms with van der Waals surface area (Å²) in [5.74, 6) is -1.24. The van der Waals surface area contributed by atoms with Gasteiger partial charge in [-0.05, 0) is 30.2 Å². The number of aromatic nitrogens is 3. The van der Waals surface area contributed by atoms with E-state index in [1.807, 2.05) is 30.3 Å². The molecule has 0 saturated heterocycles. The van der Waals surface area contributed by atoms with Gasteiger partial charge in [0.25, 0.3) is 0 Å². The van der Waals surface area contributed by atoms with E-state index in [1.165, 1.54) is 17.8 Å². The second-order valence-electron chi connectivity index (χ2n) is 4.99. The van der Waals surface area contributed by atoms with Crippen LogP contribution in [-0.2, 0) is 0 Å². The summed E-state index contributed by atoms with van der Waals surface area (Å²) >= 11 is 0. The number of benzene rings is 2. The van der Waals surface area contributed by atoms with Crippen LogP contribution in [0.4, 0.5) is 0 Å². The number of Topliss-reactive ketones (excluding diaryl/α,β-unsaturated/α-hetero) is 1. The molecule has 0 saturated carbocycles. The summed E-state index contributed by atoms with van der Waals surface area (Å²) in [4.78, 5) is 23.2. The molecule has 1 aromatic heterocycles. The maximum absolute atomic E-state index is 12.0. The summed E-state index contributed by atoms with van der Waals surface area (Å²) in [6.45, 7) is 1.48. The standard InChI is InChI=1S/C17H13N3O3/c1-11(21)15-9-13(20-16(17(22)23)10-18-19-20)7-8-14(15)12-5-3-2-4-6-12/h2-10H,1H3,(H,22,23). The van der Waals surface area contributed by atoms with Crippen molar-refractivity contribution < 1.29 is 14.7 Å². The van der Waals surface area contributed by atoms with Gasteiger partial charge in [-0.1, -0.05) is 41.6 Å². The van der Waals surface area contributed by atoms with Gasteiger partial charge in [-0.3, -0.25) is 4.79 Å². The molecule has 2 aromatic carbocycles. The third-order valence-electron chi connectivity index (χ3n) is 3.48. The molecule has 3 rings (SSSR count). The Morgan fingerprint density at radius 3 is 2.48 bits per heavy atom. The predicted molar refractivity (Wildman–Crippen MR) is 83.8 cm³/mol. The van der Waals surface area contributed by atoms with Crippen LogP contribution in [0, 0.1) is 0 Å². The number of hydrogen-bond acceptors (Lipinski definition) is 4. The fourth-order valence-electron chi connectivity index (χ4n) is 2.40. The van der Waals surface area contributed by atoms with Gasteiger partial charge in [0, 0.05) is 5.56 Å². The molecule has 6 heteroatoms. The summed E-state index contributed by atoms with van der Waals surface area (Å²) in [6, 6.07) is 14.7. The molecule has 0 amide bonds. The van der Waals surface area contributed by atoms with E-state index < -0.39 is 5.97 Å². The summed E-state index contributed by atoms with van der Waals surface area (Å²) < 4.78 is 1.20. The van der Waals surface area contributed by atoms with Crippen LogP contribution in [0.3, 0.4) is 0 Å². The molecule has 0 bridgehead atoms. The maximum atomic E-state index is 12.0. The van der Waals surface area contributed by atoms with Gasteiger partial charge in [-0.2, -0.15) is 0 Å². The van der Waals surface area contributed by atoms with Crippen molar-refractivity contribution >= 4 is 11.8 Å². The molecular formula is C17H13N3O3. The zero-order valence-corrected chi connectivity index (χ0v) is 12.3. The smallest absolute Gasteiger partial charge is 0.356 e. The van der Waals surface area contributed by atoms with Gasteiger partial charge in [-0.15, -0.1) is 5.10 Å². The zero-order valence-electron chi connectivity index (χ0n) is 12.3. The molecular weight excluding hydrogens is 294 g/mol. The number of carboxylic acids is 1. The van der Waals surface area contributed by atoms with Crippen molar-refractivity contribution in [2.45, 2.75) is 6.92 Å². The van der Waals surface area contributed by atoms with E-state index in [1.54, 1.807) is 18.2 Å². The molecule has 23 heavy (non-hydrogen) atoms. The van der Waals surface area contributed by atoms with Crippen LogP contribution in [0.15, 0.2) is 54.7 Å². The Morgan fingerprint density at radius 2 is 1.83 bits per heavy atom. The average Bonchev–Trinajstić information content (AvgIpc) is 3.05. The van der Waals surface area contributed by atoms with Gasteiger partial charge < -0.3 is 5.11 Å². The van der Waals surface area contributed by atoms with E-state index in [-0.39, 0.29) is 11.5 Å². The lowest BCUT2D eigenvalue weighted by molar-refractivity contribution is 0.0687. The Hall–Kier alpha value is -3.28. The van der Waals surface area contributed by atoms with Crippen LogP contribution in [0.5, 0.6) is 0 Å². The second-order valence-corrected chi connectivity index (χ2v) is 4.99. The van der Waals surface area contributed by atoms with Crippen molar-refractivity contribution in [2.75, 3.05) is 0 Å². The number of carbonyl (C=O) groups is 2. The molecule has 0 radical (unpaired) electrons. The third kappa shape index (κ3) is 2.74. The fraction of sp³-hybridized carbons (Fsp3) is 0.0588. The number of ketones is 1. The topological polar surface area (TPSA) is 85.1 Å². The molecule has 0 aliphatic heterocycles. The largest absolute Gasteiger partial charge is 0.476 e. The molecule has 0 aliphatic rings. The van der Waals surface area contributed by atoms with E-state index >= 15 is 0 Å². The monoisotopic (exact) mass is 307 g/mol. The van der Waals surface area contributed by atoms with E-state index in [0.717, 1.165) is 11.1 Å². The highest BCUT2D eigenvalue weighted by Gasteiger charge is 2.16. The van der Waals surface area contributed by atoms with Crippen LogP contribution in [0.1, 0.15) is 27.8 Å². The molecule has 0 atom stereocenters. The molecule has 3 aromatic rings. The van der Waals surface area contributed by atoms with Gasteiger partial charge in [0.05, 0.1) is 11.9 Å². The summed E-state index contributed by atoms with van der Waals surface area (Å²) in [6.07, 6.45) is 1.17. The van der Waals surface area contributed by atoms with Crippen LogP contribution in [-0.4, -0.2) is 31.9 Å². The molecule has 0 fully saturated rings. The normalized spacial score (nSPS) is 10.5. The Morgan fingerprint density at radius 1 is 1.09 bits per heavy atom. The van der Waals surface area contributed by atoms with E-state index in [9.17, 15) is 9.59 Å². The molecule has 0 aliphatic carbocycles. The number of carbonyl (C=O) groups excluding carboxylic acids is 1. The molecule has 1 heterocycles. The van der Waals surface area contributed by atoms with Crippen molar-refractivity contribution in [3.05, 3.63) is 66.0 Å². The summed E-state index contributed by atoms with van der Waals surface area (Å²) in [5, 5.41) is 16.6. The minimum Gasteiger partial charge on any atom is -0.476 e. The Kier molecular flexibility index (Phi) is 3.72. The molecule has 0 spiro atoms. The lowest BCUT2D eigenvalue weighted by Gasteiger charge is -2.10. The first-order valence-electron chi connectivity index (χ1n) is 6.92. The average molecular weight is 307 g/mol. The van der Waals surface area contributed by atoms with Crippen LogP contribution >= 0.6 is 0 Å². The van der Waals surface area contributed by atoms with Gasteiger partial charge >= 0.3 is 5.97 Å². The van der Waals surface area contributed by atoms with Crippen LogP contribution in [0.25, 0.3) is 16.8 Å². The van der Waals surface area contributed by atoms with Crippen molar-refractivity contribution in [1.29, 1.82) is 0 Å². The molecule has 0 unspecified atom stereocenters. The van der Waals surface area contributed by atoms with E-state index in [0.29, 0.717) is 11.3 Å². The lowest BCUT2D eigenvalue weighted by Crippen LogP contribution is -2.09. The lowest BCUT2D eigenvalue weighted by atomic mass is 9.97. The van der Waals surface area contributed by atoms with Crippen molar-refractivity contribution in [1.82, 2.24) is 15.0 Å².